The van der Waals surface area contributed by atoms with Crippen molar-refractivity contribution in [2.45, 2.75) is 6.54 Å². The van der Waals surface area contributed by atoms with Gasteiger partial charge in [-0.1, -0.05) is 12.1 Å². The Bertz CT molecular complexity index is 482. The molecule has 1 amide bonds. The molecule has 1 aromatic carbocycles. The highest BCUT2D eigenvalue weighted by atomic mass is 79.9. The molecule has 5 heteroatoms. The van der Waals surface area contributed by atoms with E-state index < -0.39 is 0 Å². The van der Waals surface area contributed by atoms with Crippen LogP contribution in [0, 0.1) is 0 Å². The van der Waals surface area contributed by atoms with Crippen LogP contribution in [0.15, 0.2) is 41.1 Å². The molecule has 4 nitrogen and oxygen atoms in total. The summed E-state index contributed by atoms with van der Waals surface area (Å²) in [4.78, 5) is 11.8. The van der Waals surface area contributed by atoms with Gasteiger partial charge in [0.05, 0.1) is 11.8 Å². The number of H-pyrrole nitrogens is 1. The first kappa shape index (κ1) is 10.9. The molecule has 0 spiro atoms. The van der Waals surface area contributed by atoms with E-state index in [0.717, 1.165) is 10.0 Å². The molecule has 2 aromatic rings. The first-order valence-corrected chi connectivity index (χ1v) is 5.57. The van der Waals surface area contributed by atoms with E-state index in [4.69, 9.17) is 0 Å². The van der Waals surface area contributed by atoms with E-state index in [1.807, 2.05) is 18.2 Å². The van der Waals surface area contributed by atoms with Gasteiger partial charge in [0.1, 0.15) is 0 Å². The predicted molar refractivity (Wildman–Crippen MR) is 63.9 cm³/mol. The van der Waals surface area contributed by atoms with Crippen molar-refractivity contribution in [3.05, 3.63) is 52.3 Å². The molecule has 82 valence electrons. The van der Waals surface area contributed by atoms with E-state index in [9.17, 15) is 4.79 Å². The summed E-state index contributed by atoms with van der Waals surface area (Å²) >= 11 is 3.34. The van der Waals surface area contributed by atoms with Crippen molar-refractivity contribution < 1.29 is 4.79 Å². The second kappa shape index (κ2) is 4.94. The van der Waals surface area contributed by atoms with Gasteiger partial charge in [0.2, 0.25) is 0 Å². The van der Waals surface area contributed by atoms with E-state index in [0.29, 0.717) is 12.1 Å². The Balaban J connectivity index is 2.01. The first-order chi connectivity index (χ1) is 7.77. The summed E-state index contributed by atoms with van der Waals surface area (Å²) < 4.78 is 0.791. The lowest BCUT2D eigenvalue weighted by Crippen LogP contribution is -2.22. The highest BCUT2D eigenvalue weighted by Crippen LogP contribution is 2.15. The van der Waals surface area contributed by atoms with Gasteiger partial charge in [0.15, 0.2) is 0 Å². The topological polar surface area (TPSA) is 57.8 Å². The summed E-state index contributed by atoms with van der Waals surface area (Å²) in [5.74, 6) is -0.103. The molecule has 1 aromatic heterocycles. The zero-order valence-electron chi connectivity index (χ0n) is 8.40. The number of carbonyl (C=O) groups excluding carboxylic acids is 1. The van der Waals surface area contributed by atoms with E-state index in [2.05, 4.69) is 31.4 Å². The lowest BCUT2D eigenvalue weighted by Gasteiger charge is -2.05. The van der Waals surface area contributed by atoms with Gasteiger partial charge in [-0.25, -0.2) is 0 Å². The fourth-order valence-electron chi connectivity index (χ4n) is 1.30. The third-order valence-electron chi connectivity index (χ3n) is 2.13. The van der Waals surface area contributed by atoms with E-state index in [1.165, 1.54) is 0 Å². The molecular formula is C11H10BrN3O. The smallest absolute Gasteiger partial charge is 0.252 e. The van der Waals surface area contributed by atoms with Gasteiger partial charge in [-0.2, -0.15) is 5.10 Å². The van der Waals surface area contributed by atoms with Gasteiger partial charge in [-0.05, 0) is 28.1 Å². The number of nitrogens with zero attached hydrogens (tertiary/aromatic N) is 1. The predicted octanol–water partition coefficient (Wildman–Crippen LogP) is 2.10. The Hall–Kier alpha value is -1.62. The molecule has 0 saturated carbocycles. The fraction of sp³-hybridized carbons (Fsp3) is 0.0909. The van der Waals surface area contributed by atoms with Crippen LogP contribution in [0.2, 0.25) is 0 Å². The van der Waals surface area contributed by atoms with Crippen LogP contribution in [0.5, 0.6) is 0 Å². The number of rotatable bonds is 3. The number of nitrogens with one attached hydrogen (secondary N) is 2. The molecule has 16 heavy (non-hydrogen) atoms. The standard InChI is InChI=1S/C11H10BrN3O/c12-10-4-2-1-3-9(10)11(16)13-5-8-6-14-15-7-8/h1-4,6-7H,5H2,(H,13,16)(H,14,15). The summed E-state index contributed by atoms with van der Waals surface area (Å²) in [6.07, 6.45) is 3.43. The molecule has 0 aliphatic rings. The summed E-state index contributed by atoms with van der Waals surface area (Å²) in [6, 6.07) is 7.32. The zero-order chi connectivity index (χ0) is 11.4. The van der Waals surface area contributed by atoms with Crippen LogP contribution in [0.1, 0.15) is 15.9 Å². The van der Waals surface area contributed by atoms with Gasteiger partial charge < -0.3 is 5.32 Å². The van der Waals surface area contributed by atoms with Crippen molar-refractivity contribution in [1.82, 2.24) is 15.5 Å². The number of amides is 1. The second-order valence-corrected chi connectivity index (χ2v) is 4.12. The van der Waals surface area contributed by atoms with Crippen molar-refractivity contribution in [3.8, 4) is 0 Å². The number of hydrogen-bond acceptors (Lipinski definition) is 2. The average molecular weight is 280 g/mol. The number of aromatic amines is 1. The van der Waals surface area contributed by atoms with Crippen molar-refractivity contribution >= 4 is 21.8 Å². The summed E-state index contributed by atoms with van der Waals surface area (Å²) in [7, 11) is 0. The van der Waals surface area contributed by atoms with Crippen LogP contribution in [-0.4, -0.2) is 16.1 Å². The van der Waals surface area contributed by atoms with E-state index in [-0.39, 0.29) is 5.91 Å². The number of halogens is 1. The lowest BCUT2D eigenvalue weighted by molar-refractivity contribution is 0.0950. The third kappa shape index (κ3) is 2.49. The normalized spacial score (nSPS) is 10.1. The van der Waals surface area contributed by atoms with Crippen LogP contribution in [0.25, 0.3) is 0 Å². The minimum Gasteiger partial charge on any atom is -0.348 e. The van der Waals surface area contributed by atoms with Crippen LogP contribution in [-0.2, 0) is 6.54 Å². The summed E-state index contributed by atoms with van der Waals surface area (Å²) in [6.45, 7) is 0.469. The second-order valence-electron chi connectivity index (χ2n) is 3.27. The van der Waals surface area contributed by atoms with Crippen LogP contribution >= 0.6 is 15.9 Å². The molecule has 1 heterocycles. The third-order valence-corrected chi connectivity index (χ3v) is 2.82. The summed E-state index contributed by atoms with van der Waals surface area (Å²) in [5.41, 5.74) is 1.58. The lowest BCUT2D eigenvalue weighted by atomic mass is 10.2. The minimum absolute atomic E-state index is 0.103. The number of aromatic nitrogens is 2. The summed E-state index contributed by atoms with van der Waals surface area (Å²) in [5, 5.41) is 9.31. The Morgan fingerprint density at radius 1 is 1.44 bits per heavy atom. The highest BCUT2D eigenvalue weighted by molar-refractivity contribution is 9.10. The molecule has 0 aliphatic carbocycles. The maximum Gasteiger partial charge on any atom is 0.252 e. The Kier molecular flexibility index (Phi) is 3.36. The fourth-order valence-corrected chi connectivity index (χ4v) is 1.76. The van der Waals surface area contributed by atoms with Gasteiger partial charge in [-0.3, -0.25) is 9.89 Å². The molecule has 0 atom stereocenters. The molecular weight excluding hydrogens is 270 g/mol. The number of carbonyl (C=O) groups is 1. The van der Waals surface area contributed by atoms with Crippen LogP contribution in [0.4, 0.5) is 0 Å². The quantitative estimate of drug-likeness (QED) is 0.904. The van der Waals surface area contributed by atoms with Crippen LogP contribution < -0.4 is 5.32 Å². The average Bonchev–Trinajstić information content (AvgIpc) is 2.79. The van der Waals surface area contributed by atoms with Gasteiger partial charge >= 0.3 is 0 Å². The maximum atomic E-state index is 11.8. The first-order valence-electron chi connectivity index (χ1n) is 4.78. The highest BCUT2D eigenvalue weighted by Gasteiger charge is 2.08. The Labute approximate surface area is 101 Å². The molecule has 0 aliphatic heterocycles. The SMILES string of the molecule is O=C(NCc1cn[nH]c1)c1ccccc1Br. The maximum absolute atomic E-state index is 11.8. The minimum atomic E-state index is -0.103. The molecule has 0 unspecified atom stereocenters. The van der Waals surface area contributed by atoms with Gasteiger partial charge in [-0.15, -0.1) is 0 Å². The molecule has 2 rings (SSSR count). The van der Waals surface area contributed by atoms with Crippen molar-refractivity contribution in [2.24, 2.45) is 0 Å². The monoisotopic (exact) mass is 279 g/mol. The van der Waals surface area contributed by atoms with Gasteiger partial charge in [0, 0.05) is 22.8 Å². The van der Waals surface area contributed by atoms with Crippen molar-refractivity contribution in [3.63, 3.8) is 0 Å². The zero-order valence-corrected chi connectivity index (χ0v) is 9.99. The number of hydrogen-bond donors (Lipinski definition) is 2. The molecule has 2 N–H and O–H groups in total. The largest absolute Gasteiger partial charge is 0.348 e. The molecule has 0 saturated heterocycles. The van der Waals surface area contributed by atoms with Crippen molar-refractivity contribution in [2.75, 3.05) is 0 Å². The molecule has 0 bridgehead atoms. The molecule has 0 radical (unpaired) electrons. The van der Waals surface area contributed by atoms with E-state index >= 15 is 0 Å². The Morgan fingerprint density at radius 2 is 2.25 bits per heavy atom. The van der Waals surface area contributed by atoms with Crippen LogP contribution in [0.3, 0.4) is 0 Å². The Morgan fingerprint density at radius 3 is 2.94 bits per heavy atom. The number of benzene rings is 1. The van der Waals surface area contributed by atoms with E-state index in [1.54, 1.807) is 18.5 Å². The van der Waals surface area contributed by atoms with Crippen molar-refractivity contribution in [1.29, 1.82) is 0 Å². The molecule has 0 fully saturated rings. The van der Waals surface area contributed by atoms with Gasteiger partial charge in [0.25, 0.3) is 5.91 Å².